The van der Waals surface area contributed by atoms with Crippen LogP contribution in [-0.2, 0) is 12.0 Å². The largest absolute Gasteiger partial charge is 0.507 e. The Bertz CT molecular complexity index is 941. The normalized spacial score (nSPS) is 10.4. The summed E-state index contributed by atoms with van der Waals surface area (Å²) in [5.74, 6) is 0.416. The van der Waals surface area contributed by atoms with Gasteiger partial charge < -0.3 is 10.4 Å². The van der Waals surface area contributed by atoms with Gasteiger partial charge in [-0.05, 0) is 99.0 Å². The fraction of sp³-hybridized carbons (Fsp3) is 0.400. The zero-order valence-electron chi connectivity index (χ0n) is 21.9. The molecule has 0 unspecified atom stereocenters. The van der Waals surface area contributed by atoms with Crippen molar-refractivity contribution in [3.8, 4) is 5.75 Å². The number of nitrogens with one attached hydrogen (secondary N) is 1. The molecular weight excluding hydrogens is 390 g/mol. The van der Waals surface area contributed by atoms with Crippen LogP contribution < -0.4 is 5.32 Å². The molecule has 0 aliphatic rings. The SMILES string of the molecule is CC.CC.Cc1c(C)c(C(C)(C)Nc2ccc(Cc3ccccc3)cc2)c(C)c(C)c1O. The fourth-order valence-electron chi connectivity index (χ4n) is 4.19. The number of hydrogen-bond acceptors (Lipinski definition) is 2. The van der Waals surface area contributed by atoms with Gasteiger partial charge in [-0.1, -0.05) is 70.2 Å². The summed E-state index contributed by atoms with van der Waals surface area (Å²) in [6.07, 6.45) is 0.944. The topological polar surface area (TPSA) is 32.3 Å². The molecule has 0 bridgehead atoms. The van der Waals surface area contributed by atoms with Gasteiger partial charge in [-0.25, -0.2) is 0 Å². The number of hydrogen-bond donors (Lipinski definition) is 2. The second-order valence-electron chi connectivity index (χ2n) is 8.33. The van der Waals surface area contributed by atoms with Gasteiger partial charge in [-0.15, -0.1) is 0 Å². The van der Waals surface area contributed by atoms with Crippen molar-refractivity contribution < 1.29 is 5.11 Å². The Labute approximate surface area is 196 Å². The van der Waals surface area contributed by atoms with E-state index in [4.69, 9.17) is 0 Å². The first kappa shape index (κ1) is 27.3. The Morgan fingerprint density at radius 2 is 1.09 bits per heavy atom. The zero-order valence-corrected chi connectivity index (χ0v) is 21.9. The number of benzene rings is 3. The van der Waals surface area contributed by atoms with Gasteiger partial charge in [0.05, 0.1) is 5.54 Å². The van der Waals surface area contributed by atoms with Crippen molar-refractivity contribution in [2.75, 3.05) is 5.32 Å². The van der Waals surface area contributed by atoms with Crippen LogP contribution >= 0.6 is 0 Å². The number of anilines is 1. The molecule has 3 aromatic rings. The summed E-state index contributed by atoms with van der Waals surface area (Å²) in [5.41, 5.74) is 8.97. The Morgan fingerprint density at radius 3 is 1.56 bits per heavy atom. The molecular formula is C30H43NO. The predicted octanol–water partition coefficient (Wildman–Crippen LogP) is 8.62. The van der Waals surface area contributed by atoms with E-state index in [1.807, 2.05) is 41.5 Å². The average molecular weight is 434 g/mol. The summed E-state index contributed by atoms with van der Waals surface area (Å²) in [6, 6.07) is 19.2. The lowest BCUT2D eigenvalue weighted by molar-refractivity contribution is 0.463. The molecule has 0 amide bonds. The zero-order chi connectivity index (χ0) is 24.5. The fourth-order valence-corrected chi connectivity index (χ4v) is 4.19. The Kier molecular flexibility index (Phi) is 10.5. The summed E-state index contributed by atoms with van der Waals surface area (Å²) in [6.45, 7) is 20.6. The molecule has 3 aromatic carbocycles. The molecule has 0 aliphatic heterocycles. The minimum Gasteiger partial charge on any atom is -0.507 e. The summed E-state index contributed by atoms with van der Waals surface area (Å²) in [7, 11) is 0. The molecule has 0 aromatic heterocycles. The molecule has 0 fully saturated rings. The van der Waals surface area contributed by atoms with Crippen LogP contribution in [-0.4, -0.2) is 5.11 Å². The van der Waals surface area contributed by atoms with Crippen LogP contribution in [0.15, 0.2) is 54.6 Å². The Morgan fingerprint density at radius 1 is 0.656 bits per heavy atom. The van der Waals surface area contributed by atoms with Crippen molar-refractivity contribution in [1.29, 1.82) is 0 Å². The van der Waals surface area contributed by atoms with Crippen LogP contribution in [0.1, 0.15) is 80.5 Å². The highest BCUT2D eigenvalue weighted by molar-refractivity contribution is 5.58. The standard InChI is InChI=1S/C26H31NO.2C2H6/c1-17-19(3)25(28)20(4)18(2)24(17)26(5,6)27-23-14-12-22(13-15-23)16-21-10-8-7-9-11-21;2*1-2/h7-15,27-28H,16H2,1-6H3;2*1-2H3. The number of phenols is 1. The molecule has 2 heteroatoms. The predicted molar refractivity (Wildman–Crippen MR) is 142 cm³/mol. The lowest BCUT2D eigenvalue weighted by Gasteiger charge is -2.33. The molecule has 0 radical (unpaired) electrons. The van der Waals surface area contributed by atoms with E-state index in [0.717, 1.165) is 34.4 Å². The number of rotatable bonds is 5. The van der Waals surface area contributed by atoms with Crippen molar-refractivity contribution in [2.45, 2.75) is 81.2 Å². The lowest BCUT2D eigenvalue weighted by atomic mass is 9.82. The highest BCUT2D eigenvalue weighted by Crippen LogP contribution is 2.38. The Balaban J connectivity index is 0.00000121. The van der Waals surface area contributed by atoms with Crippen molar-refractivity contribution in [3.05, 3.63) is 93.5 Å². The lowest BCUT2D eigenvalue weighted by Crippen LogP contribution is -2.30. The van der Waals surface area contributed by atoms with Crippen LogP contribution in [0.25, 0.3) is 0 Å². The van der Waals surface area contributed by atoms with E-state index in [-0.39, 0.29) is 5.54 Å². The van der Waals surface area contributed by atoms with Crippen LogP contribution in [0.4, 0.5) is 5.69 Å². The third kappa shape index (κ3) is 6.38. The second kappa shape index (κ2) is 12.3. The van der Waals surface area contributed by atoms with Gasteiger partial charge in [-0.2, -0.15) is 0 Å². The van der Waals surface area contributed by atoms with E-state index in [1.54, 1.807) is 0 Å². The van der Waals surface area contributed by atoms with Crippen molar-refractivity contribution in [2.24, 2.45) is 0 Å². The van der Waals surface area contributed by atoms with Gasteiger partial charge in [-0.3, -0.25) is 0 Å². The van der Waals surface area contributed by atoms with Gasteiger partial charge in [0.1, 0.15) is 5.75 Å². The molecule has 2 nitrogen and oxygen atoms in total. The molecule has 32 heavy (non-hydrogen) atoms. The number of aromatic hydroxyl groups is 1. The van der Waals surface area contributed by atoms with Gasteiger partial charge in [0.2, 0.25) is 0 Å². The summed E-state index contributed by atoms with van der Waals surface area (Å²) in [5, 5.41) is 14.1. The quantitative estimate of drug-likeness (QED) is 0.422. The van der Waals surface area contributed by atoms with E-state index in [1.165, 1.54) is 16.7 Å². The van der Waals surface area contributed by atoms with Crippen LogP contribution in [0, 0.1) is 27.7 Å². The van der Waals surface area contributed by atoms with E-state index in [9.17, 15) is 5.11 Å². The molecule has 0 heterocycles. The van der Waals surface area contributed by atoms with Gasteiger partial charge in [0, 0.05) is 5.69 Å². The Hall–Kier alpha value is -2.74. The summed E-state index contributed by atoms with van der Waals surface area (Å²) >= 11 is 0. The highest BCUT2D eigenvalue weighted by atomic mass is 16.3. The second-order valence-corrected chi connectivity index (χ2v) is 8.33. The third-order valence-electron chi connectivity index (χ3n) is 5.87. The summed E-state index contributed by atoms with van der Waals surface area (Å²) in [4.78, 5) is 0. The van der Waals surface area contributed by atoms with Crippen LogP contribution in [0.5, 0.6) is 5.75 Å². The molecule has 174 valence electrons. The van der Waals surface area contributed by atoms with E-state index in [2.05, 4.69) is 87.6 Å². The average Bonchev–Trinajstić information content (AvgIpc) is 2.81. The molecule has 3 rings (SSSR count). The first-order valence-corrected chi connectivity index (χ1v) is 11.9. The first-order chi connectivity index (χ1) is 15.2. The maximum Gasteiger partial charge on any atom is 0.121 e. The maximum atomic E-state index is 10.4. The minimum atomic E-state index is -0.252. The van der Waals surface area contributed by atoms with Gasteiger partial charge in [0.15, 0.2) is 0 Å². The number of phenolic OH excluding ortho intramolecular Hbond substituents is 1. The van der Waals surface area contributed by atoms with Crippen molar-refractivity contribution >= 4 is 5.69 Å². The monoisotopic (exact) mass is 433 g/mol. The smallest absolute Gasteiger partial charge is 0.121 e. The first-order valence-electron chi connectivity index (χ1n) is 11.9. The van der Waals surface area contributed by atoms with Crippen LogP contribution in [0.2, 0.25) is 0 Å². The third-order valence-corrected chi connectivity index (χ3v) is 5.87. The van der Waals surface area contributed by atoms with Gasteiger partial charge >= 0.3 is 0 Å². The molecule has 0 spiro atoms. The molecule has 0 atom stereocenters. The van der Waals surface area contributed by atoms with E-state index in [0.29, 0.717) is 5.75 Å². The van der Waals surface area contributed by atoms with Gasteiger partial charge in [0.25, 0.3) is 0 Å². The van der Waals surface area contributed by atoms with E-state index < -0.39 is 0 Å². The molecule has 0 saturated heterocycles. The molecule has 0 saturated carbocycles. The van der Waals surface area contributed by atoms with E-state index >= 15 is 0 Å². The molecule has 0 aliphatic carbocycles. The maximum absolute atomic E-state index is 10.4. The summed E-state index contributed by atoms with van der Waals surface area (Å²) < 4.78 is 0. The van der Waals surface area contributed by atoms with Crippen molar-refractivity contribution in [1.82, 2.24) is 0 Å². The highest BCUT2D eigenvalue weighted by Gasteiger charge is 2.27. The minimum absolute atomic E-state index is 0.252. The van der Waals surface area contributed by atoms with Crippen LogP contribution in [0.3, 0.4) is 0 Å². The molecule has 2 N–H and O–H groups in total. The van der Waals surface area contributed by atoms with Crippen molar-refractivity contribution in [3.63, 3.8) is 0 Å².